The van der Waals surface area contributed by atoms with Crippen molar-refractivity contribution in [2.45, 2.75) is 25.4 Å². The van der Waals surface area contributed by atoms with Gasteiger partial charge in [-0.2, -0.15) is 5.10 Å². The Morgan fingerprint density at radius 1 is 1.29 bits per heavy atom. The number of aromatic nitrogens is 2. The number of fused-ring (bicyclic) bond motifs is 1. The molecule has 1 unspecified atom stereocenters. The second-order valence-corrected chi connectivity index (χ2v) is 6.92. The van der Waals surface area contributed by atoms with Crippen LogP contribution in [0.15, 0.2) is 34.8 Å². The quantitative estimate of drug-likeness (QED) is 0.854. The molecular formula is C17H17BrN4O2. The molecule has 0 aliphatic carbocycles. The van der Waals surface area contributed by atoms with Crippen LogP contribution in [0.2, 0.25) is 0 Å². The van der Waals surface area contributed by atoms with Crippen LogP contribution in [0.4, 0.5) is 0 Å². The maximum absolute atomic E-state index is 13.0. The molecule has 1 saturated heterocycles. The predicted molar refractivity (Wildman–Crippen MR) is 91.5 cm³/mol. The van der Waals surface area contributed by atoms with Crippen LogP contribution in [0.1, 0.15) is 34.2 Å². The molecule has 2 aliphatic heterocycles. The molecule has 1 fully saturated rings. The van der Waals surface area contributed by atoms with E-state index in [1.807, 2.05) is 35.0 Å². The number of nitrogens with zero attached hydrogens (tertiary/aromatic N) is 3. The van der Waals surface area contributed by atoms with Gasteiger partial charge in [-0.3, -0.25) is 14.3 Å². The van der Waals surface area contributed by atoms with E-state index in [4.69, 9.17) is 0 Å². The predicted octanol–water partition coefficient (Wildman–Crippen LogP) is 1.91. The summed E-state index contributed by atoms with van der Waals surface area (Å²) in [6.07, 6.45) is 2.02. The molecule has 1 N–H and O–H groups in total. The summed E-state index contributed by atoms with van der Waals surface area (Å²) >= 11 is 3.49. The van der Waals surface area contributed by atoms with Crippen LogP contribution in [-0.2, 0) is 17.8 Å². The normalized spacial score (nSPS) is 20.0. The van der Waals surface area contributed by atoms with Gasteiger partial charge in [-0.1, -0.05) is 34.1 Å². The molecule has 1 atom stereocenters. The topological polar surface area (TPSA) is 67.2 Å². The van der Waals surface area contributed by atoms with Crippen molar-refractivity contribution < 1.29 is 9.59 Å². The Kier molecular flexibility index (Phi) is 3.88. The molecule has 2 aliphatic rings. The van der Waals surface area contributed by atoms with Crippen molar-refractivity contribution in [2.24, 2.45) is 0 Å². The van der Waals surface area contributed by atoms with E-state index in [2.05, 4.69) is 26.3 Å². The molecule has 2 amide bonds. The summed E-state index contributed by atoms with van der Waals surface area (Å²) in [5, 5.41) is 7.28. The van der Waals surface area contributed by atoms with Gasteiger partial charge >= 0.3 is 0 Å². The first-order valence-electron chi connectivity index (χ1n) is 8.05. The fraction of sp³-hybridized carbons (Fsp3) is 0.353. The molecule has 24 heavy (non-hydrogen) atoms. The van der Waals surface area contributed by atoms with Crippen molar-refractivity contribution in [1.82, 2.24) is 20.0 Å². The number of halogens is 1. The smallest absolute Gasteiger partial charge is 0.275 e. The molecular weight excluding hydrogens is 372 g/mol. The van der Waals surface area contributed by atoms with Crippen molar-refractivity contribution in [1.29, 1.82) is 0 Å². The van der Waals surface area contributed by atoms with Gasteiger partial charge in [0.25, 0.3) is 5.91 Å². The third kappa shape index (κ3) is 2.53. The Hall–Kier alpha value is -2.15. The highest BCUT2D eigenvalue weighted by Crippen LogP contribution is 2.30. The second-order valence-electron chi connectivity index (χ2n) is 6.06. The number of carbonyl (C=O) groups is 2. The van der Waals surface area contributed by atoms with E-state index in [1.54, 1.807) is 4.90 Å². The summed E-state index contributed by atoms with van der Waals surface area (Å²) in [7, 11) is 0. The van der Waals surface area contributed by atoms with Gasteiger partial charge in [0, 0.05) is 29.8 Å². The van der Waals surface area contributed by atoms with Gasteiger partial charge in [0.15, 0.2) is 5.69 Å². The minimum atomic E-state index is -0.640. The van der Waals surface area contributed by atoms with Crippen molar-refractivity contribution in [3.05, 3.63) is 51.8 Å². The summed E-state index contributed by atoms with van der Waals surface area (Å²) in [4.78, 5) is 27.1. The number of carbonyl (C=O) groups excluding carboxylic acids is 2. The summed E-state index contributed by atoms with van der Waals surface area (Å²) in [5.41, 5.74) is 2.31. The highest BCUT2D eigenvalue weighted by Gasteiger charge is 2.37. The second kappa shape index (κ2) is 6.05. The van der Waals surface area contributed by atoms with Gasteiger partial charge in [0.05, 0.1) is 0 Å². The third-order valence-corrected chi connectivity index (χ3v) is 5.28. The number of nitrogens with one attached hydrogen (secondary N) is 1. The number of benzene rings is 1. The van der Waals surface area contributed by atoms with Crippen molar-refractivity contribution in [3.8, 4) is 0 Å². The molecule has 0 bridgehead atoms. The van der Waals surface area contributed by atoms with E-state index in [1.165, 1.54) is 0 Å². The molecule has 0 spiro atoms. The summed E-state index contributed by atoms with van der Waals surface area (Å²) < 4.78 is 2.71. The van der Waals surface area contributed by atoms with Crippen molar-refractivity contribution in [3.63, 3.8) is 0 Å². The van der Waals surface area contributed by atoms with E-state index in [0.717, 1.165) is 35.1 Å². The molecule has 0 saturated carbocycles. The lowest BCUT2D eigenvalue weighted by atomic mass is 10.0. The first-order valence-corrected chi connectivity index (χ1v) is 8.84. The molecule has 1 aromatic carbocycles. The van der Waals surface area contributed by atoms with Gasteiger partial charge in [-0.15, -0.1) is 0 Å². The van der Waals surface area contributed by atoms with E-state index in [0.29, 0.717) is 18.8 Å². The number of hydrogen-bond donors (Lipinski definition) is 1. The van der Waals surface area contributed by atoms with Gasteiger partial charge in [-0.05, 0) is 30.5 Å². The number of rotatable bonds is 2. The lowest BCUT2D eigenvalue weighted by Crippen LogP contribution is -2.52. The maximum Gasteiger partial charge on any atom is 0.275 e. The van der Waals surface area contributed by atoms with Crippen LogP contribution in [0.5, 0.6) is 0 Å². The fourth-order valence-electron chi connectivity index (χ4n) is 3.40. The zero-order valence-corrected chi connectivity index (χ0v) is 14.6. The van der Waals surface area contributed by atoms with Crippen LogP contribution >= 0.6 is 15.9 Å². The molecule has 1 aromatic heterocycles. The Morgan fingerprint density at radius 3 is 2.92 bits per heavy atom. The minimum absolute atomic E-state index is 0.159. The Balaban J connectivity index is 1.69. The Bertz CT molecular complexity index is 795. The molecule has 7 heteroatoms. The van der Waals surface area contributed by atoms with Crippen LogP contribution in [0, 0.1) is 0 Å². The lowest BCUT2D eigenvalue weighted by Gasteiger charge is -2.35. The van der Waals surface area contributed by atoms with Crippen molar-refractivity contribution in [2.75, 3.05) is 13.1 Å². The van der Waals surface area contributed by atoms with Crippen LogP contribution in [0.3, 0.4) is 0 Å². The Labute approximate surface area is 148 Å². The average molecular weight is 389 g/mol. The van der Waals surface area contributed by atoms with E-state index in [9.17, 15) is 9.59 Å². The SMILES string of the molecule is O=C1NCCN(C(=O)c2cc3n(n2)CCC3)C1c1ccccc1Br. The van der Waals surface area contributed by atoms with Gasteiger partial charge in [0.1, 0.15) is 6.04 Å². The van der Waals surface area contributed by atoms with E-state index < -0.39 is 6.04 Å². The number of amides is 2. The summed E-state index contributed by atoms with van der Waals surface area (Å²) in [6, 6.07) is 8.73. The monoisotopic (exact) mass is 388 g/mol. The summed E-state index contributed by atoms with van der Waals surface area (Å²) in [6.45, 7) is 1.79. The van der Waals surface area contributed by atoms with Crippen LogP contribution in [-0.4, -0.2) is 39.6 Å². The first kappa shape index (κ1) is 15.4. The summed E-state index contributed by atoms with van der Waals surface area (Å²) in [5.74, 6) is -0.347. The zero-order chi connectivity index (χ0) is 16.7. The molecule has 4 rings (SSSR count). The van der Waals surface area contributed by atoms with Gasteiger partial charge in [0.2, 0.25) is 5.91 Å². The molecule has 6 nitrogen and oxygen atoms in total. The molecule has 2 aromatic rings. The van der Waals surface area contributed by atoms with Crippen LogP contribution < -0.4 is 5.32 Å². The van der Waals surface area contributed by atoms with E-state index >= 15 is 0 Å². The van der Waals surface area contributed by atoms with Gasteiger partial charge in [-0.25, -0.2) is 0 Å². The molecule has 124 valence electrons. The largest absolute Gasteiger partial charge is 0.352 e. The average Bonchev–Trinajstić information content (AvgIpc) is 3.16. The van der Waals surface area contributed by atoms with Crippen molar-refractivity contribution >= 4 is 27.7 Å². The zero-order valence-electron chi connectivity index (χ0n) is 13.0. The minimum Gasteiger partial charge on any atom is -0.352 e. The number of aryl methyl sites for hydroxylation is 2. The first-order chi connectivity index (χ1) is 11.6. The lowest BCUT2D eigenvalue weighted by molar-refractivity contribution is -0.128. The number of piperazine rings is 1. The Morgan fingerprint density at radius 2 is 2.12 bits per heavy atom. The molecule has 0 radical (unpaired) electrons. The maximum atomic E-state index is 13.0. The fourth-order valence-corrected chi connectivity index (χ4v) is 3.91. The van der Waals surface area contributed by atoms with Crippen LogP contribution in [0.25, 0.3) is 0 Å². The highest BCUT2D eigenvalue weighted by molar-refractivity contribution is 9.10. The standard InChI is InChI=1S/C17H17BrN4O2/c18-13-6-2-1-5-12(13)15-16(23)19-7-9-21(15)17(24)14-10-11-4-3-8-22(11)20-14/h1-2,5-6,10,15H,3-4,7-9H2,(H,19,23). The van der Waals surface area contributed by atoms with Gasteiger partial charge < -0.3 is 10.2 Å². The highest BCUT2D eigenvalue weighted by atomic mass is 79.9. The number of hydrogen-bond acceptors (Lipinski definition) is 3. The molecule has 3 heterocycles. The third-order valence-electron chi connectivity index (χ3n) is 4.56. The van der Waals surface area contributed by atoms with E-state index in [-0.39, 0.29) is 11.8 Å².